The van der Waals surface area contributed by atoms with Crippen LogP contribution in [0.15, 0.2) is 62.8 Å². The fraction of sp³-hybridized carbons (Fsp3) is 0.854. The molecular formula is C82H149O20P. The molecule has 12 atom stereocenters. The molecule has 0 aliphatic carbocycles. The number of phosphoric ester groups is 1. The van der Waals surface area contributed by atoms with Gasteiger partial charge in [0.15, 0.2) is 18.7 Å². The van der Waals surface area contributed by atoms with Gasteiger partial charge in [0.25, 0.3) is 0 Å². The zero-order valence-corrected chi connectivity index (χ0v) is 66.5. The topological polar surface area (TPSA) is 219 Å². The van der Waals surface area contributed by atoms with E-state index in [1.807, 2.05) is 0 Å². The molecule has 2 heterocycles. The van der Waals surface area contributed by atoms with E-state index in [1.165, 1.54) is 153 Å². The number of rotatable bonds is 73. The highest BCUT2D eigenvalue weighted by Crippen LogP contribution is 2.53. The quantitative estimate of drug-likeness (QED) is 0.0259. The van der Waals surface area contributed by atoms with Gasteiger partial charge in [0.05, 0.1) is 39.1 Å². The molecule has 2 aliphatic rings. The highest BCUT2D eigenvalue weighted by Gasteiger charge is 2.54. The average Bonchev–Trinajstić information content (AvgIpc) is 0.781. The predicted molar refractivity (Wildman–Crippen MR) is 410 cm³/mol. The summed E-state index contributed by atoms with van der Waals surface area (Å²) in [7, 11) is -1.19. The molecular weight excluding hydrogens is 1340 g/mol. The average molecular weight is 1490 g/mol. The van der Waals surface area contributed by atoms with Gasteiger partial charge in [-0.1, -0.05) is 276 Å². The summed E-state index contributed by atoms with van der Waals surface area (Å²) in [6.07, 6.45) is 40.7. The maximum absolute atomic E-state index is 14.8. The first-order valence-electron chi connectivity index (χ1n) is 40.8. The largest absolute Gasteiger partial charge is 0.509 e. The number of carbonyl (C=O) groups is 2. The van der Waals surface area contributed by atoms with E-state index in [0.29, 0.717) is 25.7 Å². The molecule has 0 aromatic rings. The van der Waals surface area contributed by atoms with Crippen LogP contribution < -0.4 is 0 Å². The lowest BCUT2D eigenvalue weighted by Gasteiger charge is -2.47. The Balaban J connectivity index is 2.67. The van der Waals surface area contributed by atoms with Crippen LogP contribution in [0.4, 0.5) is 9.59 Å². The van der Waals surface area contributed by atoms with Crippen LogP contribution in [0, 0.1) is 0 Å². The first-order valence-corrected chi connectivity index (χ1v) is 42.3. The number of ether oxygens (including phenoxy) is 13. The van der Waals surface area contributed by atoms with E-state index in [9.17, 15) is 19.3 Å². The van der Waals surface area contributed by atoms with Crippen molar-refractivity contribution in [1.82, 2.24) is 0 Å². The molecule has 2 aliphatic heterocycles. The Morgan fingerprint density at radius 2 is 0.816 bits per heavy atom. The highest BCUT2D eigenvalue weighted by atomic mass is 31.2. The molecule has 0 amide bonds. The molecule has 0 spiro atoms. The Morgan fingerprint density at radius 3 is 1.30 bits per heavy atom. The van der Waals surface area contributed by atoms with Crippen molar-refractivity contribution in [3.63, 3.8) is 0 Å². The third-order valence-corrected chi connectivity index (χ3v) is 20.3. The molecule has 1 N–H and O–H groups in total. The van der Waals surface area contributed by atoms with Crippen molar-refractivity contribution in [1.29, 1.82) is 0 Å². The Labute approximate surface area is 625 Å². The smallest absolute Gasteiger partial charge is 0.431 e. The van der Waals surface area contributed by atoms with Gasteiger partial charge in [0, 0.05) is 40.5 Å². The van der Waals surface area contributed by atoms with Crippen molar-refractivity contribution < 1.29 is 94.4 Å². The summed E-state index contributed by atoms with van der Waals surface area (Å²) in [4.78, 5) is 26.8. The van der Waals surface area contributed by atoms with E-state index in [0.717, 1.165) is 116 Å². The van der Waals surface area contributed by atoms with Crippen molar-refractivity contribution in [2.24, 2.45) is 0 Å². The van der Waals surface area contributed by atoms with Crippen molar-refractivity contribution in [3.8, 4) is 0 Å². The molecule has 2 saturated heterocycles. The predicted octanol–water partition coefficient (Wildman–Crippen LogP) is 21.0. The number of aliphatic hydroxyl groups excluding tert-OH is 1. The minimum absolute atomic E-state index is 0.000956. The van der Waals surface area contributed by atoms with Gasteiger partial charge in [-0.15, -0.1) is 13.2 Å². The maximum atomic E-state index is 14.8. The number of methoxy groups -OCH3 is 2. The van der Waals surface area contributed by atoms with Gasteiger partial charge >= 0.3 is 20.1 Å². The minimum Gasteiger partial charge on any atom is -0.431 e. The molecule has 2 fully saturated rings. The molecule has 0 aromatic carbocycles. The molecule has 602 valence electrons. The van der Waals surface area contributed by atoms with Crippen LogP contribution in [0.3, 0.4) is 0 Å². The number of hydrogen-bond acceptors (Lipinski definition) is 20. The summed E-state index contributed by atoms with van der Waals surface area (Å²) in [5.74, 6) is 0. The van der Waals surface area contributed by atoms with Gasteiger partial charge in [-0.2, -0.15) is 0 Å². The number of hydrogen-bond donors (Lipinski definition) is 1. The number of allylic oxidation sites excluding steroid dienone is 2. The van der Waals surface area contributed by atoms with Crippen molar-refractivity contribution in [2.45, 2.75) is 371 Å². The van der Waals surface area contributed by atoms with Gasteiger partial charge in [-0.3, -0.25) is 13.6 Å². The van der Waals surface area contributed by atoms with E-state index in [1.54, 1.807) is 7.11 Å². The third-order valence-electron chi connectivity index (χ3n) is 18.9. The Kier molecular flexibility index (Phi) is 62.6. The van der Waals surface area contributed by atoms with Gasteiger partial charge in [-0.05, 0) is 64.2 Å². The lowest BCUT2D eigenvalue weighted by Crippen LogP contribution is -2.64. The SMILES string of the molecule is C=CCOC(=O)O[C@H](CCCCCCCCCCC)CCO[C@@H]1[C@@H](OCCCCCCCCCCCC)[C@H](OC(=O)OCC=C)[C@@H](CO[C@@H]2O[C@H](COC)[C@@H](OP(=O)(OCC=C)OCC=C)[C@H](OCC[C@@H](CCCCCCC)OC)[C@H]2OCCCCCCCCCCC=CCCCCCC)O[C@@H]1O. The molecule has 21 heteroatoms. The van der Waals surface area contributed by atoms with Crippen LogP contribution in [0.2, 0.25) is 0 Å². The number of phosphoric acid groups is 1. The number of carbonyl (C=O) groups excluding carboxylic acids is 2. The molecule has 2 rings (SSSR count). The molecule has 0 aromatic heterocycles. The van der Waals surface area contributed by atoms with Crippen LogP contribution in [0.25, 0.3) is 0 Å². The Bertz CT molecular complexity index is 2090. The summed E-state index contributed by atoms with van der Waals surface area (Å²) in [5.41, 5.74) is 0. The van der Waals surface area contributed by atoms with Crippen molar-refractivity contribution in [3.05, 3.63) is 62.8 Å². The lowest BCUT2D eigenvalue weighted by molar-refractivity contribution is -0.338. The fourth-order valence-corrected chi connectivity index (χ4v) is 14.3. The maximum Gasteiger partial charge on any atom is 0.509 e. The highest BCUT2D eigenvalue weighted by molar-refractivity contribution is 7.48. The van der Waals surface area contributed by atoms with Gasteiger partial charge in [0.2, 0.25) is 0 Å². The third kappa shape index (κ3) is 47.5. The Morgan fingerprint density at radius 1 is 0.417 bits per heavy atom. The second-order valence-corrected chi connectivity index (χ2v) is 29.4. The molecule has 0 unspecified atom stereocenters. The zero-order valence-electron chi connectivity index (χ0n) is 65.6. The number of aliphatic hydroxyl groups is 1. The Hall–Kier alpha value is -3.05. The van der Waals surface area contributed by atoms with Crippen molar-refractivity contribution >= 4 is 20.1 Å². The van der Waals surface area contributed by atoms with E-state index in [-0.39, 0.29) is 78.6 Å². The molecule has 0 bridgehead atoms. The monoisotopic (exact) mass is 1490 g/mol. The summed E-state index contributed by atoms with van der Waals surface area (Å²) >= 11 is 0. The molecule has 0 saturated carbocycles. The standard InChI is InChI=1S/C82H149O20P/c1-11-19-23-27-30-33-35-36-37-38-39-40-43-46-50-54-64-90-78-76(91-65-57-69(88-10)55-51-47-26-22-14-4)74(102-103(86,96-61-17-7)97-62-18-8)71(67-87-9)100-80(78)95-68-72-73(101-82(85)94-60-16-6)75(89-63-53-49-45-42-34-31-28-24-20-12-2)77(79(83)99-72)92-66-58-70(98-81(84)93-59-15-5)56-52-48-44-41-32-29-25-21-13-3/h15-18,33,35,69-80,83H,5-8,11-14,19-32,34,36-68H2,1-4,9-10H3/t69-,70-,71-,72-,73-,74-,75+,76+,77-,78-,79+,80-/m1/s1. The summed E-state index contributed by atoms with van der Waals surface area (Å²) in [6.45, 7) is 23.6. The van der Waals surface area contributed by atoms with Gasteiger partial charge < -0.3 is 66.7 Å². The fourth-order valence-electron chi connectivity index (χ4n) is 13.0. The first kappa shape index (κ1) is 96.0. The van der Waals surface area contributed by atoms with Crippen LogP contribution in [0.1, 0.15) is 297 Å². The van der Waals surface area contributed by atoms with Gasteiger partial charge in [-0.25, -0.2) is 14.2 Å². The normalized spacial score (nSPS) is 21.3. The van der Waals surface area contributed by atoms with E-state index < -0.39 is 87.6 Å². The summed E-state index contributed by atoms with van der Waals surface area (Å²) in [5, 5.41) is 12.3. The van der Waals surface area contributed by atoms with Crippen LogP contribution in [-0.2, 0) is 79.7 Å². The van der Waals surface area contributed by atoms with Crippen LogP contribution in [0.5, 0.6) is 0 Å². The van der Waals surface area contributed by atoms with Crippen LogP contribution in [-0.4, -0.2) is 171 Å². The summed E-state index contributed by atoms with van der Waals surface area (Å²) < 4.78 is 115. The second kappa shape index (κ2) is 67.1. The van der Waals surface area contributed by atoms with E-state index >= 15 is 0 Å². The molecule has 0 radical (unpaired) electrons. The first-order chi connectivity index (χ1) is 50.4. The van der Waals surface area contributed by atoms with Crippen LogP contribution >= 0.6 is 7.82 Å². The minimum atomic E-state index is -4.42. The van der Waals surface area contributed by atoms with Gasteiger partial charge in [0.1, 0.15) is 62.0 Å². The van der Waals surface area contributed by atoms with Crippen molar-refractivity contribution in [2.75, 3.05) is 80.3 Å². The van der Waals surface area contributed by atoms with E-state index in [2.05, 4.69) is 66.2 Å². The summed E-state index contributed by atoms with van der Waals surface area (Å²) in [6, 6.07) is 0. The molecule has 20 nitrogen and oxygen atoms in total. The van der Waals surface area contributed by atoms with E-state index in [4.69, 9.17) is 75.2 Å². The molecule has 103 heavy (non-hydrogen) atoms. The second-order valence-electron chi connectivity index (χ2n) is 27.8. The lowest BCUT2D eigenvalue weighted by atomic mass is 9.97. The number of unbranched alkanes of at least 4 members (excludes halogenated alkanes) is 33. The zero-order chi connectivity index (χ0) is 74.9.